The molecular formula is C11H26O4. The summed E-state index contributed by atoms with van der Waals surface area (Å²) in [5.41, 5.74) is -0.128. The third kappa shape index (κ3) is 24.8. The molecule has 1 N–H and O–H groups in total. The van der Waals surface area contributed by atoms with Crippen molar-refractivity contribution in [1.82, 2.24) is 0 Å². The molecule has 0 spiro atoms. The molecule has 0 radical (unpaired) electrons. The smallest absolute Gasteiger partial charge is 0.0745 e. The fraction of sp³-hybridized carbons (Fsp3) is 1.00. The van der Waals surface area contributed by atoms with E-state index in [9.17, 15) is 0 Å². The molecule has 0 rings (SSSR count). The van der Waals surface area contributed by atoms with E-state index in [0.717, 1.165) is 0 Å². The molecule has 0 saturated carbocycles. The molecule has 0 saturated heterocycles. The van der Waals surface area contributed by atoms with E-state index in [1.165, 1.54) is 0 Å². The van der Waals surface area contributed by atoms with Crippen LogP contribution in [0.15, 0.2) is 0 Å². The van der Waals surface area contributed by atoms with E-state index in [2.05, 4.69) is 9.47 Å². The van der Waals surface area contributed by atoms with Crippen LogP contribution in [-0.2, 0) is 14.2 Å². The molecule has 15 heavy (non-hydrogen) atoms. The monoisotopic (exact) mass is 222 g/mol. The van der Waals surface area contributed by atoms with Gasteiger partial charge in [0.1, 0.15) is 0 Å². The Hall–Kier alpha value is -0.160. The van der Waals surface area contributed by atoms with Crippen LogP contribution in [-0.4, -0.2) is 50.9 Å². The normalized spacial score (nSPS) is 13.0. The molecule has 0 aromatic rings. The topological polar surface area (TPSA) is 47.9 Å². The van der Waals surface area contributed by atoms with Gasteiger partial charge in [0, 0.05) is 14.2 Å². The van der Waals surface area contributed by atoms with Gasteiger partial charge >= 0.3 is 0 Å². The van der Waals surface area contributed by atoms with Crippen molar-refractivity contribution in [3.05, 3.63) is 0 Å². The van der Waals surface area contributed by atoms with Gasteiger partial charge in [-0.15, -0.1) is 0 Å². The van der Waals surface area contributed by atoms with Gasteiger partial charge in [-0.3, -0.25) is 0 Å². The van der Waals surface area contributed by atoms with Crippen molar-refractivity contribution in [1.29, 1.82) is 0 Å². The van der Waals surface area contributed by atoms with Crippen molar-refractivity contribution in [2.45, 2.75) is 39.4 Å². The van der Waals surface area contributed by atoms with Crippen LogP contribution in [0.1, 0.15) is 27.7 Å². The van der Waals surface area contributed by atoms with Gasteiger partial charge in [-0.25, -0.2) is 0 Å². The molecule has 0 amide bonds. The second-order valence-electron chi connectivity index (χ2n) is 4.26. The van der Waals surface area contributed by atoms with Crippen LogP contribution >= 0.6 is 0 Å². The number of hydrogen-bond acceptors (Lipinski definition) is 4. The van der Waals surface area contributed by atoms with Crippen molar-refractivity contribution in [3.63, 3.8) is 0 Å². The van der Waals surface area contributed by atoms with Gasteiger partial charge in [0.15, 0.2) is 0 Å². The first-order valence-electron chi connectivity index (χ1n) is 5.13. The predicted molar refractivity (Wildman–Crippen MR) is 61.1 cm³/mol. The molecule has 0 fully saturated rings. The van der Waals surface area contributed by atoms with Crippen LogP contribution in [0.25, 0.3) is 0 Å². The second-order valence-corrected chi connectivity index (χ2v) is 4.26. The van der Waals surface area contributed by atoms with E-state index >= 15 is 0 Å². The molecule has 4 nitrogen and oxygen atoms in total. The lowest BCUT2D eigenvalue weighted by atomic mass is 10.2. The van der Waals surface area contributed by atoms with E-state index in [4.69, 9.17) is 9.84 Å². The van der Waals surface area contributed by atoms with Crippen molar-refractivity contribution in [2.24, 2.45) is 0 Å². The number of ether oxygens (including phenoxy) is 3. The molecule has 1 atom stereocenters. The first-order chi connectivity index (χ1) is 6.83. The fourth-order valence-corrected chi connectivity index (χ4v) is 0.537. The zero-order valence-electron chi connectivity index (χ0n) is 10.9. The third-order valence-electron chi connectivity index (χ3n) is 1.25. The number of rotatable bonds is 5. The summed E-state index contributed by atoms with van der Waals surface area (Å²) in [5, 5.41) is 8.79. The molecule has 0 aliphatic carbocycles. The molecule has 0 heterocycles. The fourth-order valence-electron chi connectivity index (χ4n) is 0.537. The van der Waals surface area contributed by atoms with Crippen LogP contribution in [0.4, 0.5) is 0 Å². The second kappa shape index (κ2) is 10.4. The lowest BCUT2D eigenvalue weighted by molar-refractivity contribution is -0.0436. The number of methoxy groups -OCH3 is 2. The van der Waals surface area contributed by atoms with Gasteiger partial charge in [0.2, 0.25) is 0 Å². The number of aliphatic hydroxyl groups excluding tert-OH is 1. The summed E-state index contributed by atoms with van der Waals surface area (Å²) in [6.07, 6.45) is -0.357. The first kappa shape index (κ1) is 17.2. The van der Waals surface area contributed by atoms with Crippen molar-refractivity contribution in [2.75, 3.05) is 34.0 Å². The quantitative estimate of drug-likeness (QED) is 0.715. The summed E-state index contributed by atoms with van der Waals surface area (Å²) in [6.45, 7) is 9.42. The summed E-state index contributed by atoms with van der Waals surface area (Å²) < 4.78 is 14.6. The predicted octanol–water partition coefficient (Wildman–Crippen LogP) is 1.46. The zero-order chi connectivity index (χ0) is 12.3. The van der Waals surface area contributed by atoms with Gasteiger partial charge in [0.25, 0.3) is 0 Å². The lowest BCUT2D eigenvalue weighted by Gasteiger charge is -2.20. The standard InChI is InChI=1S/C7H16O2.C4H10O2/c1-6(8)5-9-7(2,3)4;1-5-3-4-6-2/h6,8H,5H2,1-4H3;3-4H2,1-2H3. The average molecular weight is 222 g/mol. The van der Waals surface area contributed by atoms with Crippen molar-refractivity contribution >= 4 is 0 Å². The lowest BCUT2D eigenvalue weighted by Crippen LogP contribution is -2.24. The highest BCUT2D eigenvalue weighted by Crippen LogP contribution is 2.06. The molecule has 0 aliphatic heterocycles. The van der Waals surface area contributed by atoms with E-state index in [-0.39, 0.29) is 11.7 Å². The van der Waals surface area contributed by atoms with Gasteiger partial charge in [0.05, 0.1) is 31.5 Å². The van der Waals surface area contributed by atoms with Gasteiger partial charge in [-0.2, -0.15) is 0 Å². The molecule has 0 aromatic heterocycles. The van der Waals surface area contributed by atoms with Crippen molar-refractivity contribution in [3.8, 4) is 0 Å². The Labute approximate surface area is 93.5 Å². The maximum atomic E-state index is 8.79. The van der Waals surface area contributed by atoms with E-state index in [1.807, 2.05) is 20.8 Å². The summed E-state index contributed by atoms with van der Waals surface area (Å²) >= 11 is 0. The van der Waals surface area contributed by atoms with Crippen LogP contribution in [0, 0.1) is 0 Å². The molecule has 0 bridgehead atoms. The zero-order valence-corrected chi connectivity index (χ0v) is 10.9. The Balaban J connectivity index is 0. The largest absolute Gasteiger partial charge is 0.391 e. The van der Waals surface area contributed by atoms with Gasteiger partial charge in [-0.1, -0.05) is 0 Å². The minimum atomic E-state index is -0.357. The first-order valence-corrected chi connectivity index (χ1v) is 5.13. The third-order valence-corrected chi connectivity index (χ3v) is 1.25. The molecule has 0 aliphatic rings. The maximum absolute atomic E-state index is 8.79. The van der Waals surface area contributed by atoms with Crippen molar-refractivity contribution < 1.29 is 19.3 Å². The highest BCUT2D eigenvalue weighted by molar-refractivity contribution is 4.59. The van der Waals surface area contributed by atoms with E-state index < -0.39 is 0 Å². The Morgan fingerprint density at radius 3 is 1.60 bits per heavy atom. The van der Waals surface area contributed by atoms with Gasteiger partial charge < -0.3 is 19.3 Å². The molecule has 1 unspecified atom stereocenters. The highest BCUT2D eigenvalue weighted by Gasteiger charge is 2.10. The average Bonchev–Trinajstić information content (AvgIpc) is 2.11. The molecule has 0 aromatic carbocycles. The summed E-state index contributed by atoms with van der Waals surface area (Å²) in [5.74, 6) is 0. The molecule has 4 heteroatoms. The Morgan fingerprint density at radius 1 is 1.07 bits per heavy atom. The number of aliphatic hydroxyl groups is 1. The van der Waals surface area contributed by atoms with Crippen LogP contribution in [0.3, 0.4) is 0 Å². The molecular weight excluding hydrogens is 196 g/mol. The van der Waals surface area contributed by atoms with E-state index in [0.29, 0.717) is 19.8 Å². The minimum Gasteiger partial charge on any atom is -0.391 e. The maximum Gasteiger partial charge on any atom is 0.0745 e. The van der Waals surface area contributed by atoms with Crippen LogP contribution in [0.5, 0.6) is 0 Å². The van der Waals surface area contributed by atoms with Crippen LogP contribution < -0.4 is 0 Å². The van der Waals surface area contributed by atoms with Gasteiger partial charge in [-0.05, 0) is 27.7 Å². The summed E-state index contributed by atoms with van der Waals surface area (Å²) in [7, 11) is 3.30. The van der Waals surface area contributed by atoms with E-state index in [1.54, 1.807) is 21.1 Å². The molecule has 94 valence electrons. The Kier molecular flexibility index (Phi) is 11.9. The summed E-state index contributed by atoms with van der Waals surface area (Å²) in [6, 6.07) is 0. The Morgan fingerprint density at radius 2 is 1.47 bits per heavy atom. The van der Waals surface area contributed by atoms with Crippen LogP contribution in [0.2, 0.25) is 0 Å². The number of hydrogen-bond donors (Lipinski definition) is 1. The highest BCUT2D eigenvalue weighted by atomic mass is 16.5. The minimum absolute atomic E-state index is 0.128. The summed E-state index contributed by atoms with van der Waals surface area (Å²) in [4.78, 5) is 0. The Bertz CT molecular complexity index is 114. The SMILES string of the molecule is CC(O)COC(C)(C)C.COCCOC.